The molecule has 0 radical (unpaired) electrons. The molecule has 6 nitrogen and oxygen atoms in total. The van der Waals surface area contributed by atoms with Crippen molar-refractivity contribution < 1.29 is 28.6 Å². The van der Waals surface area contributed by atoms with Crippen LogP contribution < -0.4 is 0 Å². The number of ether oxygens (including phenoxy) is 3. The Kier molecular flexibility index (Phi) is 44.2. The number of unbranched alkanes of at least 4 members (excludes halogenated alkanes) is 29. The number of carbonyl (C=O) groups excluding carboxylic acids is 3. The maximum absolute atomic E-state index is 12.7. The zero-order valence-corrected chi connectivity index (χ0v) is 41.3. The quantitative estimate of drug-likeness (QED) is 0.0345. The summed E-state index contributed by atoms with van der Waals surface area (Å²) in [6.45, 7) is 13.7. The fourth-order valence-electron chi connectivity index (χ4n) is 8.08. The Morgan fingerprint density at radius 2 is 0.583 bits per heavy atom. The van der Waals surface area contributed by atoms with Crippen molar-refractivity contribution in [2.45, 2.75) is 298 Å². The third kappa shape index (κ3) is 45.9. The lowest BCUT2D eigenvalue weighted by Crippen LogP contribution is -2.30. The topological polar surface area (TPSA) is 78.9 Å². The van der Waals surface area contributed by atoms with E-state index in [9.17, 15) is 14.4 Å². The number of hydrogen-bond acceptors (Lipinski definition) is 6. The Morgan fingerprint density at radius 1 is 0.333 bits per heavy atom. The minimum Gasteiger partial charge on any atom is -0.462 e. The Hall–Kier alpha value is -1.59. The molecule has 0 bridgehead atoms. The van der Waals surface area contributed by atoms with Crippen LogP contribution in [0.15, 0.2) is 0 Å². The highest BCUT2D eigenvalue weighted by Crippen LogP contribution is 2.18. The lowest BCUT2D eigenvalue weighted by molar-refractivity contribution is -0.167. The van der Waals surface area contributed by atoms with E-state index < -0.39 is 6.10 Å². The van der Waals surface area contributed by atoms with Crippen LogP contribution in [-0.2, 0) is 28.6 Å². The maximum Gasteiger partial charge on any atom is 0.306 e. The summed E-state index contributed by atoms with van der Waals surface area (Å²) < 4.78 is 16.8. The van der Waals surface area contributed by atoms with Crippen molar-refractivity contribution in [1.82, 2.24) is 0 Å². The monoisotopic (exact) mass is 849 g/mol. The second kappa shape index (κ2) is 45.4. The highest BCUT2D eigenvalue weighted by Gasteiger charge is 2.19. The van der Waals surface area contributed by atoms with Crippen LogP contribution in [0.2, 0.25) is 0 Å². The summed E-state index contributed by atoms with van der Waals surface area (Å²) in [6.07, 6.45) is 45.4. The second-order valence-electron chi connectivity index (χ2n) is 19.7. The van der Waals surface area contributed by atoms with Gasteiger partial charge in [0.15, 0.2) is 6.10 Å². The lowest BCUT2D eigenvalue weighted by Gasteiger charge is -2.18. The molecule has 1 unspecified atom stereocenters. The molecule has 2 atom stereocenters. The summed E-state index contributed by atoms with van der Waals surface area (Å²) in [5.74, 6) is 1.61. The van der Waals surface area contributed by atoms with Gasteiger partial charge in [-0.05, 0) is 37.0 Å². The van der Waals surface area contributed by atoms with E-state index in [1.807, 2.05) is 0 Å². The zero-order chi connectivity index (χ0) is 44.2. The molecule has 0 aliphatic carbocycles. The average molecular weight is 849 g/mol. The van der Waals surface area contributed by atoms with E-state index >= 15 is 0 Å². The van der Waals surface area contributed by atoms with E-state index in [0.29, 0.717) is 19.3 Å². The van der Waals surface area contributed by atoms with E-state index in [-0.39, 0.29) is 31.1 Å². The fourth-order valence-corrected chi connectivity index (χ4v) is 8.08. The van der Waals surface area contributed by atoms with Crippen LogP contribution in [-0.4, -0.2) is 37.2 Å². The standard InChI is InChI=1S/C54H104O6/c1-7-50(6)42-36-30-24-18-16-14-12-10-8-9-11-13-15-17-19-25-31-37-43-52(55)58-46-51(60-54(57)45-39-33-27-21-23-29-35-41-49(4)5)47-59-53(56)44-38-32-26-20-22-28-34-40-48(2)3/h48-51H,7-47H2,1-6H3/t50?,51-/m0/s1. The summed E-state index contributed by atoms with van der Waals surface area (Å²) in [6, 6.07) is 0. The average Bonchev–Trinajstić information content (AvgIpc) is 3.22. The fraction of sp³-hybridized carbons (Fsp3) is 0.944. The van der Waals surface area contributed by atoms with Crippen molar-refractivity contribution in [3.63, 3.8) is 0 Å². The van der Waals surface area contributed by atoms with Gasteiger partial charge >= 0.3 is 17.9 Å². The molecular formula is C54H104O6. The largest absolute Gasteiger partial charge is 0.462 e. The molecule has 0 fully saturated rings. The smallest absolute Gasteiger partial charge is 0.306 e. The molecule has 0 aliphatic rings. The molecule has 0 rings (SSSR count). The molecular weight excluding hydrogens is 745 g/mol. The van der Waals surface area contributed by atoms with Crippen LogP contribution in [0.4, 0.5) is 0 Å². The molecule has 0 saturated carbocycles. The van der Waals surface area contributed by atoms with Gasteiger partial charge in [-0.2, -0.15) is 0 Å². The molecule has 0 aromatic rings. The number of hydrogen-bond donors (Lipinski definition) is 0. The number of carbonyl (C=O) groups is 3. The SMILES string of the molecule is CCC(C)CCCCCCCCCCCCCCCCCCCCC(=O)OC[C@@H](COC(=O)CCCCCCCCCC(C)C)OC(=O)CCCCCCCCCC(C)C. The van der Waals surface area contributed by atoms with Crippen LogP contribution in [0, 0.1) is 17.8 Å². The first-order valence-electron chi connectivity index (χ1n) is 26.6. The van der Waals surface area contributed by atoms with Gasteiger partial charge in [0.05, 0.1) is 0 Å². The third-order valence-corrected chi connectivity index (χ3v) is 12.5. The molecule has 0 aromatic heterocycles. The van der Waals surface area contributed by atoms with Crippen LogP contribution in [0.5, 0.6) is 0 Å². The Labute approximate surface area is 374 Å². The summed E-state index contributed by atoms with van der Waals surface area (Å²) in [4.78, 5) is 37.9. The molecule has 0 spiro atoms. The number of rotatable bonds is 47. The third-order valence-electron chi connectivity index (χ3n) is 12.5. The van der Waals surface area contributed by atoms with Crippen molar-refractivity contribution in [3.8, 4) is 0 Å². The van der Waals surface area contributed by atoms with E-state index in [1.54, 1.807) is 0 Å². The van der Waals surface area contributed by atoms with Gasteiger partial charge in [0, 0.05) is 19.3 Å². The molecule has 6 heteroatoms. The molecule has 0 aliphatic heterocycles. The predicted molar refractivity (Wildman–Crippen MR) is 256 cm³/mol. The molecule has 0 aromatic carbocycles. The Bertz CT molecular complexity index is 931. The Morgan fingerprint density at radius 3 is 0.867 bits per heavy atom. The molecule has 356 valence electrons. The van der Waals surface area contributed by atoms with Gasteiger partial charge in [-0.3, -0.25) is 14.4 Å². The summed E-state index contributed by atoms with van der Waals surface area (Å²) in [7, 11) is 0. The van der Waals surface area contributed by atoms with Crippen molar-refractivity contribution in [1.29, 1.82) is 0 Å². The van der Waals surface area contributed by atoms with Crippen molar-refractivity contribution in [2.24, 2.45) is 17.8 Å². The first-order valence-corrected chi connectivity index (χ1v) is 26.6. The highest BCUT2D eigenvalue weighted by molar-refractivity contribution is 5.71. The first kappa shape index (κ1) is 58.4. The van der Waals surface area contributed by atoms with E-state index in [0.717, 1.165) is 75.5 Å². The molecule has 60 heavy (non-hydrogen) atoms. The minimum atomic E-state index is -0.763. The van der Waals surface area contributed by atoms with E-state index in [4.69, 9.17) is 14.2 Å². The van der Waals surface area contributed by atoms with Crippen LogP contribution >= 0.6 is 0 Å². The highest BCUT2D eigenvalue weighted by atomic mass is 16.6. The van der Waals surface area contributed by atoms with Crippen molar-refractivity contribution in [2.75, 3.05) is 13.2 Å². The molecule has 0 saturated heterocycles. The summed E-state index contributed by atoms with van der Waals surface area (Å²) in [5.41, 5.74) is 0. The first-order chi connectivity index (χ1) is 29.1. The summed E-state index contributed by atoms with van der Waals surface area (Å²) >= 11 is 0. The van der Waals surface area contributed by atoms with Gasteiger partial charge < -0.3 is 14.2 Å². The Balaban J connectivity index is 4.15. The van der Waals surface area contributed by atoms with Crippen molar-refractivity contribution in [3.05, 3.63) is 0 Å². The van der Waals surface area contributed by atoms with Crippen LogP contribution in [0.1, 0.15) is 292 Å². The van der Waals surface area contributed by atoms with Gasteiger partial charge in [-0.15, -0.1) is 0 Å². The van der Waals surface area contributed by atoms with Gasteiger partial charge in [0.25, 0.3) is 0 Å². The zero-order valence-electron chi connectivity index (χ0n) is 41.3. The lowest BCUT2D eigenvalue weighted by atomic mass is 9.99. The van der Waals surface area contributed by atoms with Gasteiger partial charge in [-0.1, -0.05) is 253 Å². The molecule has 0 heterocycles. The van der Waals surface area contributed by atoms with E-state index in [1.165, 1.54) is 173 Å². The summed E-state index contributed by atoms with van der Waals surface area (Å²) in [5, 5.41) is 0. The van der Waals surface area contributed by atoms with Gasteiger partial charge in [0.2, 0.25) is 0 Å². The van der Waals surface area contributed by atoms with Crippen molar-refractivity contribution >= 4 is 17.9 Å². The molecule has 0 N–H and O–H groups in total. The second-order valence-corrected chi connectivity index (χ2v) is 19.7. The normalized spacial score (nSPS) is 12.6. The van der Waals surface area contributed by atoms with Gasteiger partial charge in [0.1, 0.15) is 13.2 Å². The van der Waals surface area contributed by atoms with Crippen LogP contribution in [0.25, 0.3) is 0 Å². The minimum absolute atomic E-state index is 0.0657. The molecule has 0 amide bonds. The van der Waals surface area contributed by atoms with Gasteiger partial charge in [-0.25, -0.2) is 0 Å². The number of esters is 3. The predicted octanol–water partition coefficient (Wildman–Crippen LogP) is 17.2. The maximum atomic E-state index is 12.7. The van der Waals surface area contributed by atoms with Crippen LogP contribution in [0.3, 0.4) is 0 Å². The van der Waals surface area contributed by atoms with E-state index in [2.05, 4.69) is 41.5 Å².